The topological polar surface area (TPSA) is 52.7 Å². The smallest absolute Gasteiger partial charge is 0.321 e. The Hall–Kier alpha value is -2.34. The lowest BCUT2D eigenvalue weighted by Gasteiger charge is -2.34. The van der Waals surface area contributed by atoms with Gasteiger partial charge in [-0.25, -0.2) is 4.79 Å². The standard InChI is InChI=1S/C23H29N3O2S/c1-17-7-6-9-19(15-17)24-23(28)26-13-11-25(12-14-26)22(27)21-16-18-8-4-2-3-5-10-20(18)29-21/h6-7,9,15-16H,2-5,8,10-14H2,1H3,(H,24,28). The number of amides is 3. The lowest BCUT2D eigenvalue weighted by Crippen LogP contribution is -2.51. The van der Waals surface area contributed by atoms with E-state index in [1.54, 1.807) is 16.2 Å². The molecule has 0 bridgehead atoms. The molecule has 6 heteroatoms. The first-order chi connectivity index (χ1) is 14.1. The molecule has 4 rings (SSSR count). The van der Waals surface area contributed by atoms with Gasteiger partial charge in [0.05, 0.1) is 4.88 Å². The van der Waals surface area contributed by atoms with Crippen molar-refractivity contribution in [3.8, 4) is 0 Å². The van der Waals surface area contributed by atoms with Crippen molar-refractivity contribution in [1.82, 2.24) is 9.80 Å². The summed E-state index contributed by atoms with van der Waals surface area (Å²) in [6.07, 6.45) is 7.27. The molecule has 0 saturated carbocycles. The van der Waals surface area contributed by atoms with Crippen LogP contribution in [-0.4, -0.2) is 47.9 Å². The Morgan fingerprint density at radius 2 is 1.66 bits per heavy atom. The van der Waals surface area contributed by atoms with Gasteiger partial charge in [0.1, 0.15) is 0 Å². The monoisotopic (exact) mass is 411 g/mol. The van der Waals surface area contributed by atoms with E-state index >= 15 is 0 Å². The Bertz CT molecular complexity index is 858. The van der Waals surface area contributed by atoms with Crippen LogP contribution in [0.25, 0.3) is 0 Å². The number of benzene rings is 1. The normalized spacial score (nSPS) is 17.3. The number of rotatable bonds is 2. The Labute approximate surface area is 176 Å². The number of carbonyl (C=O) groups excluding carboxylic acids is 2. The summed E-state index contributed by atoms with van der Waals surface area (Å²) in [7, 11) is 0. The summed E-state index contributed by atoms with van der Waals surface area (Å²) in [4.78, 5) is 31.5. The fourth-order valence-electron chi connectivity index (χ4n) is 4.14. The fourth-order valence-corrected chi connectivity index (χ4v) is 5.36. The number of nitrogens with zero attached hydrogens (tertiary/aromatic N) is 2. The van der Waals surface area contributed by atoms with Gasteiger partial charge in [0.2, 0.25) is 0 Å². The number of piperazine rings is 1. The van der Waals surface area contributed by atoms with Crippen LogP contribution in [0.1, 0.15) is 51.4 Å². The van der Waals surface area contributed by atoms with Crippen molar-refractivity contribution in [1.29, 1.82) is 0 Å². The zero-order chi connectivity index (χ0) is 20.2. The van der Waals surface area contributed by atoms with Gasteiger partial charge in [-0.15, -0.1) is 11.3 Å². The van der Waals surface area contributed by atoms with Crippen molar-refractivity contribution in [3.63, 3.8) is 0 Å². The summed E-state index contributed by atoms with van der Waals surface area (Å²) in [5.41, 5.74) is 3.31. The van der Waals surface area contributed by atoms with E-state index in [4.69, 9.17) is 0 Å². The maximum absolute atomic E-state index is 13.0. The first-order valence-electron chi connectivity index (χ1n) is 10.6. The van der Waals surface area contributed by atoms with E-state index < -0.39 is 0 Å². The molecule has 2 aromatic rings. The van der Waals surface area contributed by atoms with Crippen LogP contribution >= 0.6 is 11.3 Å². The zero-order valence-corrected chi connectivity index (χ0v) is 17.9. The van der Waals surface area contributed by atoms with Crippen LogP contribution in [0, 0.1) is 6.92 Å². The SMILES string of the molecule is Cc1cccc(NC(=O)N2CCN(C(=O)c3cc4c(s3)CCCCCC4)CC2)c1. The summed E-state index contributed by atoms with van der Waals surface area (Å²) < 4.78 is 0. The van der Waals surface area contributed by atoms with Crippen molar-refractivity contribution >= 4 is 29.0 Å². The molecule has 1 fully saturated rings. The van der Waals surface area contributed by atoms with E-state index in [9.17, 15) is 9.59 Å². The van der Waals surface area contributed by atoms with Gasteiger partial charge in [0.25, 0.3) is 5.91 Å². The largest absolute Gasteiger partial charge is 0.334 e. The Balaban J connectivity index is 1.34. The first kappa shape index (κ1) is 20.0. The molecule has 0 unspecified atom stereocenters. The number of aryl methyl sites for hydroxylation is 3. The molecule has 1 aliphatic heterocycles. The van der Waals surface area contributed by atoms with Crippen LogP contribution in [0.15, 0.2) is 30.3 Å². The second kappa shape index (κ2) is 8.99. The molecule has 1 aromatic carbocycles. The molecule has 0 spiro atoms. The maximum atomic E-state index is 13.0. The Morgan fingerprint density at radius 1 is 0.931 bits per heavy atom. The van der Waals surface area contributed by atoms with Crippen molar-refractivity contribution < 1.29 is 9.59 Å². The second-order valence-corrected chi connectivity index (χ2v) is 9.19. The van der Waals surface area contributed by atoms with Gasteiger partial charge in [-0.3, -0.25) is 4.79 Å². The number of fused-ring (bicyclic) bond motifs is 1. The first-order valence-corrected chi connectivity index (χ1v) is 11.5. The number of anilines is 1. The summed E-state index contributed by atoms with van der Waals surface area (Å²) in [6, 6.07) is 9.83. The van der Waals surface area contributed by atoms with Crippen LogP contribution in [0.4, 0.5) is 10.5 Å². The number of nitrogens with one attached hydrogen (secondary N) is 1. The number of hydrogen-bond donors (Lipinski definition) is 1. The van der Waals surface area contributed by atoms with E-state index in [2.05, 4.69) is 11.4 Å². The van der Waals surface area contributed by atoms with E-state index in [1.807, 2.05) is 36.1 Å². The molecule has 1 N–H and O–H groups in total. The summed E-state index contributed by atoms with van der Waals surface area (Å²) in [6.45, 7) is 4.31. The molecule has 29 heavy (non-hydrogen) atoms. The van der Waals surface area contributed by atoms with Gasteiger partial charge < -0.3 is 15.1 Å². The average Bonchev–Trinajstić information content (AvgIpc) is 3.09. The highest BCUT2D eigenvalue weighted by Gasteiger charge is 2.26. The maximum Gasteiger partial charge on any atom is 0.321 e. The van der Waals surface area contributed by atoms with E-state index in [1.165, 1.54) is 36.1 Å². The minimum absolute atomic E-state index is 0.0956. The Morgan fingerprint density at radius 3 is 2.41 bits per heavy atom. The van der Waals surface area contributed by atoms with Crippen LogP contribution in [0.2, 0.25) is 0 Å². The van der Waals surface area contributed by atoms with Gasteiger partial charge in [-0.05, 0) is 61.9 Å². The lowest BCUT2D eigenvalue weighted by molar-refractivity contribution is 0.0676. The zero-order valence-electron chi connectivity index (χ0n) is 17.1. The highest BCUT2D eigenvalue weighted by Crippen LogP contribution is 2.29. The number of carbonyl (C=O) groups is 2. The molecular weight excluding hydrogens is 382 g/mol. The summed E-state index contributed by atoms with van der Waals surface area (Å²) >= 11 is 1.69. The highest BCUT2D eigenvalue weighted by molar-refractivity contribution is 7.14. The third-order valence-corrected chi connectivity index (χ3v) is 7.06. The molecule has 1 saturated heterocycles. The van der Waals surface area contributed by atoms with E-state index in [0.717, 1.165) is 29.0 Å². The van der Waals surface area contributed by atoms with Gasteiger partial charge in [-0.2, -0.15) is 0 Å². The average molecular weight is 412 g/mol. The highest BCUT2D eigenvalue weighted by atomic mass is 32.1. The van der Waals surface area contributed by atoms with Crippen LogP contribution in [0.5, 0.6) is 0 Å². The van der Waals surface area contributed by atoms with Crippen molar-refractivity contribution in [2.45, 2.75) is 45.4 Å². The predicted octanol–water partition coefficient (Wildman–Crippen LogP) is 4.71. The van der Waals surface area contributed by atoms with Gasteiger partial charge >= 0.3 is 6.03 Å². The molecular formula is C23H29N3O2S. The van der Waals surface area contributed by atoms with Crippen molar-refractivity contribution in [2.24, 2.45) is 0 Å². The van der Waals surface area contributed by atoms with Crippen LogP contribution in [-0.2, 0) is 12.8 Å². The van der Waals surface area contributed by atoms with Gasteiger partial charge in [-0.1, -0.05) is 25.0 Å². The quantitative estimate of drug-likeness (QED) is 0.778. The third kappa shape index (κ3) is 4.81. The van der Waals surface area contributed by atoms with Gasteiger partial charge in [0, 0.05) is 36.7 Å². The van der Waals surface area contributed by atoms with Crippen molar-refractivity contribution in [2.75, 3.05) is 31.5 Å². The van der Waals surface area contributed by atoms with Crippen molar-refractivity contribution in [3.05, 3.63) is 51.2 Å². The van der Waals surface area contributed by atoms with E-state index in [-0.39, 0.29) is 11.9 Å². The molecule has 154 valence electrons. The minimum Gasteiger partial charge on any atom is -0.334 e. The number of hydrogen-bond acceptors (Lipinski definition) is 3. The number of urea groups is 1. The second-order valence-electron chi connectivity index (χ2n) is 8.05. The predicted molar refractivity (Wildman–Crippen MR) is 118 cm³/mol. The number of thiophene rings is 1. The summed E-state index contributed by atoms with van der Waals surface area (Å²) in [5.74, 6) is 0.125. The van der Waals surface area contributed by atoms with Crippen LogP contribution in [0.3, 0.4) is 0 Å². The van der Waals surface area contributed by atoms with Gasteiger partial charge in [0.15, 0.2) is 0 Å². The molecule has 3 amide bonds. The molecule has 1 aliphatic carbocycles. The molecule has 1 aromatic heterocycles. The minimum atomic E-state index is -0.0956. The molecule has 0 radical (unpaired) electrons. The fraction of sp³-hybridized carbons (Fsp3) is 0.478. The lowest BCUT2D eigenvalue weighted by atomic mass is 10.00. The Kier molecular flexibility index (Phi) is 6.19. The molecule has 2 heterocycles. The third-order valence-electron chi connectivity index (χ3n) is 5.83. The van der Waals surface area contributed by atoms with E-state index in [0.29, 0.717) is 26.2 Å². The van der Waals surface area contributed by atoms with Crippen LogP contribution < -0.4 is 5.32 Å². The molecule has 5 nitrogen and oxygen atoms in total. The summed E-state index contributed by atoms with van der Waals surface area (Å²) in [5, 5.41) is 2.96. The molecule has 0 atom stereocenters. The molecule has 2 aliphatic rings.